The first-order chi connectivity index (χ1) is 10.2. The molecule has 0 aliphatic heterocycles. The minimum Gasteiger partial charge on any atom is -0.468 e. The highest BCUT2D eigenvalue weighted by Crippen LogP contribution is 2.43. The first-order valence-corrected chi connectivity index (χ1v) is 7.47. The molecule has 4 nitrogen and oxygen atoms in total. The van der Waals surface area contributed by atoms with E-state index in [2.05, 4.69) is 25.7 Å². The van der Waals surface area contributed by atoms with Gasteiger partial charge in [0.05, 0.1) is 14.2 Å². The number of esters is 2. The summed E-state index contributed by atoms with van der Waals surface area (Å²) in [6, 6.07) is 0. The minimum atomic E-state index is -1.48. The topological polar surface area (TPSA) is 52.6 Å². The number of carbonyl (C=O) groups is 2. The quantitative estimate of drug-likeness (QED) is 0.345. The van der Waals surface area contributed by atoms with E-state index >= 15 is 0 Å². The van der Waals surface area contributed by atoms with E-state index in [9.17, 15) is 9.59 Å². The van der Waals surface area contributed by atoms with Crippen molar-refractivity contribution >= 4 is 11.9 Å². The van der Waals surface area contributed by atoms with E-state index in [1.807, 2.05) is 19.9 Å². The van der Waals surface area contributed by atoms with Gasteiger partial charge in [0.2, 0.25) is 0 Å². The molecule has 0 saturated carbocycles. The van der Waals surface area contributed by atoms with Crippen LogP contribution in [-0.4, -0.2) is 26.2 Å². The Bertz CT molecular complexity index is 513. The summed E-state index contributed by atoms with van der Waals surface area (Å²) in [4.78, 5) is 24.9. The first kappa shape index (κ1) is 18.2. The average molecular weight is 306 g/mol. The predicted octanol–water partition coefficient (Wildman–Crippen LogP) is 3.43. The summed E-state index contributed by atoms with van der Waals surface area (Å²) in [6.45, 7) is 7.97. The molecule has 1 atom stereocenters. The molecular formula is C18H26O4. The van der Waals surface area contributed by atoms with Crippen LogP contribution in [0.3, 0.4) is 0 Å². The maximum absolute atomic E-state index is 12.5. The number of allylic oxidation sites excluding steroid dienone is 2. The fourth-order valence-electron chi connectivity index (χ4n) is 2.67. The van der Waals surface area contributed by atoms with Crippen LogP contribution in [0.2, 0.25) is 0 Å². The second kappa shape index (κ2) is 6.97. The predicted molar refractivity (Wildman–Crippen MR) is 85.1 cm³/mol. The van der Waals surface area contributed by atoms with Crippen LogP contribution in [-0.2, 0) is 19.1 Å². The van der Waals surface area contributed by atoms with Crippen molar-refractivity contribution in [2.45, 2.75) is 40.5 Å². The fraction of sp³-hybridized carbons (Fsp3) is 0.611. The van der Waals surface area contributed by atoms with Crippen LogP contribution in [0.5, 0.6) is 0 Å². The molecule has 0 bridgehead atoms. The van der Waals surface area contributed by atoms with E-state index in [0.717, 1.165) is 12.0 Å². The summed E-state index contributed by atoms with van der Waals surface area (Å²) in [5.41, 5.74) is 2.45. The molecule has 1 rings (SSSR count). The van der Waals surface area contributed by atoms with Gasteiger partial charge in [0.1, 0.15) is 0 Å². The molecule has 1 aliphatic rings. The van der Waals surface area contributed by atoms with E-state index in [1.165, 1.54) is 20.3 Å². The summed E-state index contributed by atoms with van der Waals surface area (Å²) in [7, 11) is 2.57. The largest absolute Gasteiger partial charge is 0.468 e. The Hall–Kier alpha value is -1.80. The van der Waals surface area contributed by atoms with Crippen molar-refractivity contribution in [1.29, 1.82) is 0 Å². The lowest BCUT2D eigenvalue weighted by Crippen LogP contribution is -2.46. The van der Waals surface area contributed by atoms with Crippen LogP contribution in [0.15, 0.2) is 29.5 Å². The lowest BCUT2D eigenvalue weighted by atomic mass is 9.67. The third kappa shape index (κ3) is 3.69. The number of carbonyl (C=O) groups excluding carboxylic acids is 2. The number of rotatable bonds is 4. The summed E-state index contributed by atoms with van der Waals surface area (Å²) >= 11 is 0. The molecule has 0 fully saturated rings. The third-order valence-corrected chi connectivity index (χ3v) is 4.10. The van der Waals surface area contributed by atoms with E-state index in [4.69, 9.17) is 9.47 Å². The van der Waals surface area contributed by atoms with Gasteiger partial charge in [-0.25, -0.2) is 0 Å². The average Bonchev–Trinajstić information content (AvgIpc) is 2.47. The molecule has 0 spiro atoms. The molecule has 4 heteroatoms. The van der Waals surface area contributed by atoms with Crippen molar-refractivity contribution in [1.82, 2.24) is 0 Å². The molecule has 1 unspecified atom stereocenters. The van der Waals surface area contributed by atoms with Gasteiger partial charge < -0.3 is 9.47 Å². The van der Waals surface area contributed by atoms with Gasteiger partial charge in [-0.15, -0.1) is 5.73 Å². The van der Waals surface area contributed by atoms with E-state index < -0.39 is 17.4 Å². The normalized spacial score (nSPS) is 19.8. The molecule has 0 aromatic heterocycles. The Morgan fingerprint density at radius 2 is 1.77 bits per heavy atom. The highest BCUT2D eigenvalue weighted by atomic mass is 16.5. The zero-order valence-electron chi connectivity index (χ0n) is 14.4. The van der Waals surface area contributed by atoms with Crippen LogP contribution < -0.4 is 0 Å². The van der Waals surface area contributed by atoms with Gasteiger partial charge in [0.15, 0.2) is 5.41 Å². The van der Waals surface area contributed by atoms with Crippen molar-refractivity contribution in [3.63, 3.8) is 0 Å². The standard InChI is InChI=1S/C18H26O4/c1-13(2)7-12-18(15(19)21-5,16(20)22-6)14-8-10-17(3,4)11-9-14/h8,10,12,14H,9,11H2,1-6H3. The Kier molecular flexibility index (Phi) is 5.78. The summed E-state index contributed by atoms with van der Waals surface area (Å²) in [6.07, 6.45) is 7.08. The highest BCUT2D eigenvalue weighted by Gasteiger charge is 2.52. The van der Waals surface area contributed by atoms with Crippen LogP contribution in [0, 0.1) is 16.7 Å². The Morgan fingerprint density at radius 3 is 2.14 bits per heavy atom. The maximum Gasteiger partial charge on any atom is 0.328 e. The third-order valence-electron chi connectivity index (χ3n) is 4.10. The Balaban J connectivity index is 3.47. The van der Waals surface area contributed by atoms with Crippen molar-refractivity contribution < 1.29 is 19.1 Å². The maximum atomic E-state index is 12.5. The van der Waals surface area contributed by atoms with Gasteiger partial charge in [0, 0.05) is 5.92 Å². The first-order valence-electron chi connectivity index (χ1n) is 7.47. The number of hydrogen-bond acceptors (Lipinski definition) is 4. The van der Waals surface area contributed by atoms with Gasteiger partial charge in [-0.2, -0.15) is 0 Å². The monoisotopic (exact) mass is 306 g/mol. The summed E-state index contributed by atoms with van der Waals surface area (Å²) in [5.74, 6) is -1.52. The smallest absolute Gasteiger partial charge is 0.328 e. The molecule has 0 aromatic rings. The second-order valence-corrected chi connectivity index (χ2v) is 6.63. The lowest BCUT2D eigenvalue weighted by molar-refractivity contribution is -0.168. The van der Waals surface area contributed by atoms with Gasteiger partial charge >= 0.3 is 11.9 Å². The molecule has 0 radical (unpaired) electrons. The zero-order valence-corrected chi connectivity index (χ0v) is 14.4. The molecular weight excluding hydrogens is 280 g/mol. The molecule has 122 valence electrons. The molecule has 22 heavy (non-hydrogen) atoms. The van der Waals surface area contributed by atoms with Gasteiger partial charge in [-0.1, -0.05) is 26.0 Å². The van der Waals surface area contributed by atoms with Gasteiger partial charge in [-0.05, 0) is 43.8 Å². The molecule has 1 aliphatic carbocycles. The van der Waals surface area contributed by atoms with E-state index in [1.54, 1.807) is 0 Å². The van der Waals surface area contributed by atoms with Crippen LogP contribution in [0.4, 0.5) is 0 Å². The second-order valence-electron chi connectivity index (χ2n) is 6.63. The number of methoxy groups -OCH3 is 2. The van der Waals surface area contributed by atoms with Crippen molar-refractivity contribution in [3.05, 3.63) is 29.5 Å². The van der Waals surface area contributed by atoms with Crippen LogP contribution in [0.25, 0.3) is 0 Å². The van der Waals surface area contributed by atoms with Gasteiger partial charge in [0.25, 0.3) is 0 Å². The van der Waals surface area contributed by atoms with Crippen molar-refractivity contribution in [2.24, 2.45) is 16.7 Å². The lowest BCUT2D eigenvalue weighted by Gasteiger charge is -2.36. The highest BCUT2D eigenvalue weighted by molar-refractivity contribution is 6.03. The fourth-order valence-corrected chi connectivity index (χ4v) is 2.67. The van der Waals surface area contributed by atoms with Crippen molar-refractivity contribution in [3.8, 4) is 0 Å². The van der Waals surface area contributed by atoms with Crippen molar-refractivity contribution in [2.75, 3.05) is 14.2 Å². The SMILES string of the molecule is COC(=O)C(C=C=C(C)C)(C(=O)OC)C1C=CC(C)(C)CC1. The Labute approximate surface area is 132 Å². The molecule has 0 heterocycles. The van der Waals surface area contributed by atoms with Crippen LogP contribution >= 0.6 is 0 Å². The molecule has 0 aromatic carbocycles. The zero-order chi connectivity index (χ0) is 17.0. The number of hydrogen-bond donors (Lipinski definition) is 0. The molecule has 0 N–H and O–H groups in total. The molecule has 0 amide bonds. The van der Waals surface area contributed by atoms with Crippen LogP contribution in [0.1, 0.15) is 40.5 Å². The summed E-state index contributed by atoms with van der Waals surface area (Å²) in [5, 5.41) is 0. The van der Waals surface area contributed by atoms with E-state index in [0.29, 0.717) is 6.42 Å². The minimum absolute atomic E-state index is 0.0642. The molecule has 0 saturated heterocycles. The Morgan fingerprint density at radius 1 is 1.23 bits per heavy atom. The number of ether oxygens (including phenoxy) is 2. The summed E-state index contributed by atoms with van der Waals surface area (Å²) < 4.78 is 9.84. The van der Waals surface area contributed by atoms with E-state index in [-0.39, 0.29) is 11.3 Å². The van der Waals surface area contributed by atoms with Gasteiger partial charge in [-0.3, -0.25) is 9.59 Å².